The second kappa shape index (κ2) is 6.85. The van der Waals surface area contributed by atoms with Crippen molar-refractivity contribution in [2.75, 3.05) is 0 Å². The van der Waals surface area contributed by atoms with Gasteiger partial charge in [-0.1, -0.05) is 38.8 Å². The number of hydrogen-bond donors (Lipinski definition) is 0. The Balaban J connectivity index is 1.60. The predicted octanol–water partition coefficient (Wildman–Crippen LogP) is 5.32. The molecular formula is C20H28O2. The summed E-state index contributed by atoms with van der Waals surface area (Å²) in [6, 6.07) is 8.21. The lowest BCUT2D eigenvalue weighted by atomic mass is 9.89. The molecule has 2 nitrogen and oxygen atoms in total. The summed E-state index contributed by atoms with van der Waals surface area (Å²) >= 11 is 0. The molecule has 2 heteroatoms. The molecule has 2 aliphatic rings. The predicted molar refractivity (Wildman–Crippen MR) is 89.0 cm³/mol. The number of esters is 1. The normalized spacial score (nSPS) is 27.8. The van der Waals surface area contributed by atoms with Crippen LogP contribution in [0.2, 0.25) is 0 Å². The molecular weight excluding hydrogens is 272 g/mol. The summed E-state index contributed by atoms with van der Waals surface area (Å²) in [4.78, 5) is 12.4. The van der Waals surface area contributed by atoms with E-state index in [0.717, 1.165) is 18.8 Å². The zero-order chi connectivity index (χ0) is 15.5. The van der Waals surface area contributed by atoms with E-state index >= 15 is 0 Å². The van der Waals surface area contributed by atoms with Gasteiger partial charge in [-0.05, 0) is 67.6 Å². The molecule has 2 aliphatic carbocycles. The minimum Gasteiger partial charge on any atom is -0.426 e. The lowest BCUT2D eigenvalue weighted by Gasteiger charge is -2.20. The van der Waals surface area contributed by atoms with Gasteiger partial charge >= 0.3 is 5.97 Å². The molecule has 2 fully saturated rings. The van der Waals surface area contributed by atoms with Crippen molar-refractivity contribution in [1.29, 1.82) is 0 Å². The molecule has 0 N–H and O–H groups in total. The number of fused-ring (bicyclic) bond motifs is 2. The Kier molecular flexibility index (Phi) is 4.85. The van der Waals surface area contributed by atoms with Gasteiger partial charge in [0.05, 0.1) is 5.92 Å². The number of carbonyl (C=O) groups is 1. The van der Waals surface area contributed by atoms with Crippen molar-refractivity contribution in [2.45, 2.75) is 64.7 Å². The number of hydrogen-bond acceptors (Lipinski definition) is 2. The zero-order valence-corrected chi connectivity index (χ0v) is 13.9. The molecule has 0 amide bonds. The van der Waals surface area contributed by atoms with Crippen molar-refractivity contribution in [2.24, 2.45) is 17.8 Å². The van der Waals surface area contributed by atoms with Gasteiger partial charge < -0.3 is 4.74 Å². The van der Waals surface area contributed by atoms with Crippen LogP contribution in [0.4, 0.5) is 0 Å². The minimum absolute atomic E-state index is 0.000509. The fraction of sp³-hybridized carbons (Fsp3) is 0.650. The van der Waals surface area contributed by atoms with Gasteiger partial charge in [-0.2, -0.15) is 0 Å². The third-order valence-electron chi connectivity index (χ3n) is 5.74. The van der Waals surface area contributed by atoms with Crippen molar-refractivity contribution in [3.63, 3.8) is 0 Å². The highest BCUT2D eigenvalue weighted by Gasteiger charge is 2.44. The quantitative estimate of drug-likeness (QED) is 0.525. The molecule has 1 aromatic carbocycles. The van der Waals surface area contributed by atoms with Crippen LogP contribution in [0, 0.1) is 17.8 Å². The van der Waals surface area contributed by atoms with Crippen LogP contribution in [0.3, 0.4) is 0 Å². The van der Waals surface area contributed by atoms with Crippen molar-refractivity contribution in [3.05, 3.63) is 29.8 Å². The van der Waals surface area contributed by atoms with E-state index in [-0.39, 0.29) is 11.9 Å². The molecule has 0 heterocycles. The third kappa shape index (κ3) is 3.21. The Morgan fingerprint density at radius 2 is 1.95 bits per heavy atom. The number of benzene rings is 1. The van der Waals surface area contributed by atoms with Crippen LogP contribution in [0.1, 0.15) is 70.3 Å². The van der Waals surface area contributed by atoms with Crippen LogP contribution in [0.25, 0.3) is 0 Å². The average Bonchev–Trinajstić information content (AvgIpc) is 3.16. The summed E-state index contributed by atoms with van der Waals surface area (Å²) in [5, 5.41) is 0. The molecule has 1 aromatic rings. The minimum atomic E-state index is 0.000509. The highest BCUT2D eigenvalue weighted by Crippen LogP contribution is 2.48. The van der Waals surface area contributed by atoms with Crippen molar-refractivity contribution in [1.82, 2.24) is 0 Å². The molecule has 3 rings (SSSR count). The first kappa shape index (κ1) is 15.6. The fourth-order valence-electron chi connectivity index (χ4n) is 4.49. The van der Waals surface area contributed by atoms with E-state index in [0.29, 0.717) is 17.6 Å². The van der Waals surface area contributed by atoms with E-state index in [9.17, 15) is 4.79 Å². The Morgan fingerprint density at radius 1 is 1.18 bits per heavy atom. The number of ether oxygens (including phenoxy) is 1. The van der Waals surface area contributed by atoms with Gasteiger partial charge in [0.25, 0.3) is 0 Å². The van der Waals surface area contributed by atoms with E-state index in [1.54, 1.807) is 0 Å². The van der Waals surface area contributed by atoms with Crippen LogP contribution in [-0.4, -0.2) is 5.97 Å². The standard InChI is InChI=1S/C20H28O2/c1-3-5-15(4-2)16-8-10-18(11-9-16)22-20(21)19-13-14-6-7-17(19)12-14/h8-11,14-15,17,19H,3-7,12-13H2,1-2H3. The van der Waals surface area contributed by atoms with E-state index in [1.807, 2.05) is 12.1 Å². The number of carbonyl (C=O) groups excluding carboxylic acids is 1. The van der Waals surface area contributed by atoms with Crippen LogP contribution in [0.5, 0.6) is 5.75 Å². The molecule has 120 valence electrons. The first-order valence-corrected chi connectivity index (χ1v) is 9.02. The summed E-state index contributed by atoms with van der Waals surface area (Å²) in [6.45, 7) is 4.47. The third-order valence-corrected chi connectivity index (χ3v) is 5.74. The SMILES string of the molecule is CCCC(CC)c1ccc(OC(=O)C2CC3CCC2C3)cc1. The first-order valence-electron chi connectivity index (χ1n) is 9.02. The monoisotopic (exact) mass is 300 g/mol. The van der Waals surface area contributed by atoms with Crippen molar-refractivity contribution in [3.8, 4) is 5.75 Å². The molecule has 4 unspecified atom stereocenters. The molecule has 2 saturated carbocycles. The van der Waals surface area contributed by atoms with Crippen LogP contribution in [-0.2, 0) is 4.79 Å². The zero-order valence-electron chi connectivity index (χ0n) is 13.9. The molecule has 2 bridgehead atoms. The van der Waals surface area contributed by atoms with Gasteiger partial charge in [-0.25, -0.2) is 0 Å². The molecule has 0 saturated heterocycles. The summed E-state index contributed by atoms with van der Waals surface area (Å²) in [5.74, 6) is 2.86. The Bertz CT molecular complexity index is 505. The first-order chi connectivity index (χ1) is 10.7. The van der Waals surface area contributed by atoms with Gasteiger partial charge in [0.2, 0.25) is 0 Å². The van der Waals surface area contributed by atoms with Crippen molar-refractivity contribution < 1.29 is 9.53 Å². The smallest absolute Gasteiger partial charge is 0.314 e. The summed E-state index contributed by atoms with van der Waals surface area (Å²) in [7, 11) is 0. The maximum atomic E-state index is 12.4. The molecule has 0 aliphatic heterocycles. The highest BCUT2D eigenvalue weighted by molar-refractivity contribution is 5.76. The number of rotatable bonds is 6. The molecule has 0 radical (unpaired) electrons. The second-order valence-corrected chi connectivity index (χ2v) is 7.17. The Labute approximate surface area is 134 Å². The topological polar surface area (TPSA) is 26.3 Å². The fourth-order valence-corrected chi connectivity index (χ4v) is 4.49. The van der Waals surface area contributed by atoms with Gasteiger partial charge in [-0.3, -0.25) is 4.79 Å². The molecule has 0 spiro atoms. The van der Waals surface area contributed by atoms with E-state index in [2.05, 4.69) is 26.0 Å². The second-order valence-electron chi connectivity index (χ2n) is 7.17. The van der Waals surface area contributed by atoms with Crippen LogP contribution < -0.4 is 4.74 Å². The largest absolute Gasteiger partial charge is 0.426 e. The van der Waals surface area contributed by atoms with Gasteiger partial charge in [0, 0.05) is 0 Å². The molecule has 0 aromatic heterocycles. The van der Waals surface area contributed by atoms with Crippen LogP contribution in [0.15, 0.2) is 24.3 Å². The average molecular weight is 300 g/mol. The lowest BCUT2D eigenvalue weighted by Crippen LogP contribution is -2.25. The molecule has 4 atom stereocenters. The van der Waals surface area contributed by atoms with E-state index in [1.165, 1.54) is 37.7 Å². The van der Waals surface area contributed by atoms with Crippen molar-refractivity contribution >= 4 is 5.97 Å². The maximum absolute atomic E-state index is 12.4. The van der Waals surface area contributed by atoms with E-state index in [4.69, 9.17) is 4.74 Å². The van der Waals surface area contributed by atoms with E-state index < -0.39 is 0 Å². The Hall–Kier alpha value is -1.31. The highest BCUT2D eigenvalue weighted by atomic mass is 16.5. The Morgan fingerprint density at radius 3 is 2.50 bits per heavy atom. The maximum Gasteiger partial charge on any atom is 0.314 e. The van der Waals surface area contributed by atoms with Crippen LogP contribution >= 0.6 is 0 Å². The lowest BCUT2D eigenvalue weighted by molar-refractivity contribution is -0.140. The van der Waals surface area contributed by atoms with Gasteiger partial charge in [0.1, 0.15) is 5.75 Å². The summed E-state index contributed by atoms with van der Waals surface area (Å²) in [6.07, 6.45) is 8.43. The summed E-state index contributed by atoms with van der Waals surface area (Å²) in [5.41, 5.74) is 1.36. The molecule has 22 heavy (non-hydrogen) atoms. The van der Waals surface area contributed by atoms with Gasteiger partial charge in [-0.15, -0.1) is 0 Å². The summed E-state index contributed by atoms with van der Waals surface area (Å²) < 4.78 is 5.64. The van der Waals surface area contributed by atoms with Gasteiger partial charge in [0.15, 0.2) is 0 Å².